The molecule has 1 fully saturated rings. The van der Waals surface area contributed by atoms with Crippen molar-refractivity contribution in [3.05, 3.63) is 35.2 Å². The van der Waals surface area contributed by atoms with Crippen LogP contribution in [0.25, 0.3) is 11.4 Å². The lowest BCUT2D eigenvalue weighted by atomic mass is 10.1. The molecule has 1 aromatic heterocycles. The fourth-order valence-corrected chi connectivity index (χ4v) is 2.83. The van der Waals surface area contributed by atoms with Crippen LogP contribution in [0.5, 0.6) is 0 Å². The van der Waals surface area contributed by atoms with Crippen molar-refractivity contribution in [3.8, 4) is 11.4 Å². The maximum absolute atomic E-state index is 12.1. The summed E-state index contributed by atoms with van der Waals surface area (Å²) in [7, 11) is 0. The second-order valence-electron chi connectivity index (χ2n) is 5.67. The highest BCUT2D eigenvalue weighted by Crippen LogP contribution is 2.26. The third-order valence-corrected chi connectivity index (χ3v) is 4.25. The molecule has 22 heavy (non-hydrogen) atoms. The maximum Gasteiger partial charge on any atom is 0.249 e. The highest BCUT2D eigenvalue weighted by atomic mass is 35.5. The number of nitrogens with one attached hydrogen (secondary N) is 1. The molecule has 0 bridgehead atoms. The number of rotatable bonds is 4. The van der Waals surface area contributed by atoms with Crippen molar-refractivity contribution in [2.24, 2.45) is 5.92 Å². The van der Waals surface area contributed by atoms with Gasteiger partial charge >= 0.3 is 0 Å². The first-order chi connectivity index (χ1) is 10.6. The van der Waals surface area contributed by atoms with Gasteiger partial charge in [0.05, 0.1) is 0 Å². The summed E-state index contributed by atoms with van der Waals surface area (Å²) in [4.78, 5) is 16.5. The zero-order chi connectivity index (χ0) is 15.5. The molecule has 3 rings (SSSR count). The van der Waals surface area contributed by atoms with Gasteiger partial charge in [-0.25, -0.2) is 0 Å². The second-order valence-corrected chi connectivity index (χ2v) is 6.11. The topological polar surface area (TPSA) is 68.0 Å². The third-order valence-electron chi connectivity index (χ3n) is 4.00. The summed E-state index contributed by atoms with van der Waals surface area (Å²) >= 11 is 5.86. The Balaban J connectivity index is 1.67. The Hall–Kier alpha value is -1.88. The molecule has 1 aliphatic rings. The lowest BCUT2D eigenvalue weighted by Crippen LogP contribution is -2.31. The monoisotopic (exact) mass is 319 g/mol. The lowest BCUT2D eigenvalue weighted by molar-refractivity contribution is -0.125. The molecule has 0 spiro atoms. The lowest BCUT2D eigenvalue weighted by Gasteiger charge is -2.13. The summed E-state index contributed by atoms with van der Waals surface area (Å²) in [5, 5.41) is 7.57. The minimum Gasteiger partial charge on any atom is -0.344 e. The number of benzene rings is 1. The van der Waals surface area contributed by atoms with E-state index in [0.29, 0.717) is 16.7 Å². The molecule has 1 aliphatic carbocycles. The van der Waals surface area contributed by atoms with Crippen LogP contribution in [-0.4, -0.2) is 16.0 Å². The van der Waals surface area contributed by atoms with E-state index in [2.05, 4.69) is 15.5 Å². The van der Waals surface area contributed by atoms with Gasteiger partial charge in [0.1, 0.15) is 6.04 Å². The van der Waals surface area contributed by atoms with Gasteiger partial charge in [-0.1, -0.05) is 29.6 Å². The van der Waals surface area contributed by atoms with Gasteiger partial charge in [0, 0.05) is 16.5 Å². The van der Waals surface area contributed by atoms with Crippen LogP contribution in [0, 0.1) is 5.92 Å². The van der Waals surface area contributed by atoms with Gasteiger partial charge in [-0.3, -0.25) is 4.79 Å². The van der Waals surface area contributed by atoms with E-state index in [1.165, 1.54) is 0 Å². The Kier molecular flexibility index (Phi) is 4.43. The van der Waals surface area contributed by atoms with Crippen molar-refractivity contribution in [1.82, 2.24) is 15.5 Å². The van der Waals surface area contributed by atoms with Gasteiger partial charge in [-0.05, 0) is 44.0 Å². The van der Waals surface area contributed by atoms with Crippen molar-refractivity contribution in [2.45, 2.75) is 38.6 Å². The quantitative estimate of drug-likeness (QED) is 0.931. The van der Waals surface area contributed by atoms with Crippen LogP contribution in [0.3, 0.4) is 0 Å². The number of carbonyl (C=O) groups is 1. The third kappa shape index (κ3) is 3.30. The van der Waals surface area contributed by atoms with Crippen LogP contribution in [-0.2, 0) is 4.79 Å². The number of aromatic nitrogens is 2. The first kappa shape index (κ1) is 15.0. The molecule has 1 saturated carbocycles. The Labute approximate surface area is 134 Å². The molecule has 1 aromatic carbocycles. The molecular formula is C16H18ClN3O2. The fraction of sp³-hybridized carbons (Fsp3) is 0.438. The summed E-state index contributed by atoms with van der Waals surface area (Å²) in [6, 6.07) is 6.93. The van der Waals surface area contributed by atoms with E-state index in [4.69, 9.17) is 16.1 Å². The average Bonchev–Trinajstić information content (AvgIpc) is 3.20. The molecule has 2 aromatic rings. The van der Waals surface area contributed by atoms with Crippen molar-refractivity contribution in [1.29, 1.82) is 0 Å². The van der Waals surface area contributed by atoms with Crippen LogP contribution < -0.4 is 5.32 Å². The highest BCUT2D eigenvalue weighted by molar-refractivity contribution is 6.30. The minimum absolute atomic E-state index is 0.0799. The Morgan fingerprint density at radius 3 is 2.68 bits per heavy atom. The minimum atomic E-state index is -0.290. The van der Waals surface area contributed by atoms with E-state index in [1.807, 2.05) is 19.1 Å². The van der Waals surface area contributed by atoms with Crippen LogP contribution in [0.15, 0.2) is 28.8 Å². The normalized spacial score (nSPS) is 16.6. The summed E-state index contributed by atoms with van der Waals surface area (Å²) in [6.07, 6.45) is 4.21. The Bertz CT molecular complexity index is 648. The molecule has 116 valence electrons. The number of hydrogen-bond acceptors (Lipinski definition) is 4. The smallest absolute Gasteiger partial charge is 0.249 e. The van der Waals surface area contributed by atoms with E-state index in [0.717, 1.165) is 31.2 Å². The molecule has 1 N–H and O–H groups in total. The number of hydrogen-bond donors (Lipinski definition) is 1. The predicted octanol–water partition coefficient (Wildman–Crippen LogP) is 3.76. The highest BCUT2D eigenvalue weighted by Gasteiger charge is 2.25. The standard InChI is InChI=1S/C16H18ClN3O2/c1-10(18-15(21)12-4-2-3-5-12)16-19-14(20-22-16)11-6-8-13(17)9-7-11/h6-10,12H,2-5H2,1H3,(H,18,21)/t10-/m1/s1. The van der Waals surface area contributed by atoms with Crippen molar-refractivity contribution in [2.75, 3.05) is 0 Å². The van der Waals surface area contributed by atoms with Gasteiger partial charge in [-0.15, -0.1) is 0 Å². The van der Waals surface area contributed by atoms with E-state index < -0.39 is 0 Å². The summed E-state index contributed by atoms with van der Waals surface area (Å²) in [5.41, 5.74) is 0.828. The molecule has 5 nitrogen and oxygen atoms in total. The maximum atomic E-state index is 12.1. The first-order valence-corrected chi connectivity index (χ1v) is 7.91. The van der Waals surface area contributed by atoms with Gasteiger partial charge in [0.15, 0.2) is 0 Å². The van der Waals surface area contributed by atoms with Crippen LogP contribution in [0.4, 0.5) is 0 Å². The Morgan fingerprint density at radius 2 is 2.00 bits per heavy atom. The number of carbonyl (C=O) groups excluding carboxylic acids is 1. The first-order valence-electron chi connectivity index (χ1n) is 7.53. The zero-order valence-electron chi connectivity index (χ0n) is 12.4. The van der Waals surface area contributed by atoms with E-state index in [-0.39, 0.29) is 17.9 Å². The van der Waals surface area contributed by atoms with Crippen molar-refractivity contribution in [3.63, 3.8) is 0 Å². The summed E-state index contributed by atoms with van der Waals surface area (Å²) in [5.74, 6) is 1.11. The average molecular weight is 320 g/mol. The zero-order valence-corrected chi connectivity index (χ0v) is 13.1. The molecule has 1 amide bonds. The molecular weight excluding hydrogens is 302 g/mol. The summed E-state index contributed by atoms with van der Waals surface area (Å²) < 4.78 is 5.27. The second kappa shape index (κ2) is 6.48. The van der Waals surface area contributed by atoms with Gasteiger partial charge in [0.2, 0.25) is 17.6 Å². The predicted molar refractivity (Wildman–Crippen MR) is 83.3 cm³/mol. The van der Waals surface area contributed by atoms with E-state index >= 15 is 0 Å². The van der Waals surface area contributed by atoms with Gasteiger partial charge in [0.25, 0.3) is 0 Å². The number of nitrogens with zero attached hydrogens (tertiary/aromatic N) is 2. The van der Waals surface area contributed by atoms with Crippen LogP contribution >= 0.6 is 11.6 Å². The van der Waals surface area contributed by atoms with Crippen LogP contribution in [0.1, 0.15) is 44.5 Å². The molecule has 1 atom stereocenters. The SMILES string of the molecule is C[C@@H](NC(=O)C1CCCC1)c1nc(-c2ccc(Cl)cc2)no1. The van der Waals surface area contributed by atoms with E-state index in [1.54, 1.807) is 12.1 Å². The van der Waals surface area contributed by atoms with Crippen LogP contribution in [0.2, 0.25) is 5.02 Å². The number of amides is 1. The fourth-order valence-electron chi connectivity index (χ4n) is 2.71. The largest absolute Gasteiger partial charge is 0.344 e. The summed E-state index contributed by atoms with van der Waals surface area (Å²) in [6.45, 7) is 1.85. The number of halogens is 1. The van der Waals surface area contributed by atoms with Gasteiger partial charge in [-0.2, -0.15) is 4.98 Å². The van der Waals surface area contributed by atoms with Crippen molar-refractivity contribution >= 4 is 17.5 Å². The van der Waals surface area contributed by atoms with Gasteiger partial charge < -0.3 is 9.84 Å². The van der Waals surface area contributed by atoms with E-state index in [9.17, 15) is 4.79 Å². The molecule has 0 saturated heterocycles. The molecule has 0 unspecified atom stereocenters. The molecule has 6 heteroatoms. The molecule has 0 aliphatic heterocycles. The molecule has 0 radical (unpaired) electrons. The van der Waals surface area contributed by atoms with Crippen molar-refractivity contribution < 1.29 is 9.32 Å². The Morgan fingerprint density at radius 1 is 1.32 bits per heavy atom. The molecule has 1 heterocycles.